The highest BCUT2D eigenvalue weighted by Gasteiger charge is 2.30. The van der Waals surface area contributed by atoms with Crippen molar-refractivity contribution in [3.63, 3.8) is 0 Å². The minimum atomic E-state index is -0.446. The summed E-state index contributed by atoms with van der Waals surface area (Å²) < 4.78 is 4.82. The number of benzene rings is 1. The van der Waals surface area contributed by atoms with E-state index in [4.69, 9.17) is 16.3 Å². The number of nitrogens with zero attached hydrogens (tertiary/aromatic N) is 2. The number of hydrogen-bond donors (Lipinski definition) is 0. The van der Waals surface area contributed by atoms with E-state index in [1.165, 1.54) is 13.2 Å². The molecule has 1 aromatic carbocycles. The van der Waals surface area contributed by atoms with Gasteiger partial charge in [-0.25, -0.2) is 0 Å². The van der Waals surface area contributed by atoms with Crippen LogP contribution in [0.4, 0.5) is 5.69 Å². The lowest BCUT2D eigenvalue weighted by Gasteiger charge is -2.33. The van der Waals surface area contributed by atoms with Gasteiger partial charge in [0.2, 0.25) is 0 Å². The molecular weight excluding hydrogens is 296 g/mol. The van der Waals surface area contributed by atoms with E-state index in [0.29, 0.717) is 23.6 Å². The average Bonchev–Trinajstić information content (AvgIpc) is 2.48. The monoisotopic (exact) mass is 312 g/mol. The Labute approximate surface area is 127 Å². The Kier molecular flexibility index (Phi) is 5.14. The molecule has 7 heteroatoms. The van der Waals surface area contributed by atoms with Crippen LogP contribution in [-0.4, -0.2) is 35.5 Å². The zero-order valence-electron chi connectivity index (χ0n) is 11.8. The van der Waals surface area contributed by atoms with Crippen LogP contribution < -0.4 is 0 Å². The molecule has 0 aromatic heterocycles. The van der Waals surface area contributed by atoms with E-state index in [-0.39, 0.29) is 17.7 Å². The third-order valence-electron chi connectivity index (χ3n) is 3.70. The largest absolute Gasteiger partial charge is 0.468 e. The zero-order chi connectivity index (χ0) is 15.4. The van der Waals surface area contributed by atoms with Crippen LogP contribution in [0.3, 0.4) is 0 Å². The second-order valence-corrected chi connectivity index (χ2v) is 5.47. The van der Waals surface area contributed by atoms with E-state index in [1.807, 2.05) is 4.90 Å². The summed E-state index contributed by atoms with van der Waals surface area (Å²) in [7, 11) is 1.36. The highest BCUT2D eigenvalue weighted by molar-refractivity contribution is 6.30. The van der Waals surface area contributed by atoms with Crippen molar-refractivity contribution in [2.24, 2.45) is 0 Å². The van der Waals surface area contributed by atoms with Crippen molar-refractivity contribution in [1.29, 1.82) is 0 Å². The fourth-order valence-corrected chi connectivity index (χ4v) is 2.81. The number of nitro groups is 1. The fraction of sp³-hybridized carbons (Fsp3) is 0.500. The van der Waals surface area contributed by atoms with Gasteiger partial charge in [-0.2, -0.15) is 0 Å². The second kappa shape index (κ2) is 6.87. The first-order valence-corrected chi connectivity index (χ1v) is 7.15. The van der Waals surface area contributed by atoms with Gasteiger partial charge in [0, 0.05) is 23.2 Å². The highest BCUT2D eigenvalue weighted by atomic mass is 35.5. The average molecular weight is 313 g/mol. The molecule has 1 aliphatic rings. The molecule has 0 amide bonds. The quantitative estimate of drug-likeness (QED) is 0.485. The summed E-state index contributed by atoms with van der Waals surface area (Å²) in [4.78, 5) is 24.4. The topological polar surface area (TPSA) is 72.7 Å². The van der Waals surface area contributed by atoms with Gasteiger partial charge in [-0.1, -0.05) is 18.0 Å². The molecule has 0 radical (unpaired) electrons. The van der Waals surface area contributed by atoms with Crippen molar-refractivity contribution in [2.45, 2.75) is 31.8 Å². The SMILES string of the molecule is COC(=O)[C@H]1CCCCN1Cc1ccc(Cl)cc1[N+](=O)[O-]. The van der Waals surface area contributed by atoms with Crippen LogP contribution in [0.2, 0.25) is 5.02 Å². The molecular formula is C14H17ClN2O4. The minimum Gasteiger partial charge on any atom is -0.468 e. The lowest BCUT2D eigenvalue weighted by atomic mass is 10.0. The number of nitro benzene ring substituents is 1. The Bertz CT molecular complexity index is 550. The fourth-order valence-electron chi connectivity index (χ4n) is 2.64. The Morgan fingerprint density at radius 3 is 2.95 bits per heavy atom. The predicted molar refractivity (Wildman–Crippen MR) is 78.2 cm³/mol. The zero-order valence-corrected chi connectivity index (χ0v) is 12.5. The van der Waals surface area contributed by atoms with E-state index >= 15 is 0 Å². The van der Waals surface area contributed by atoms with Gasteiger partial charge < -0.3 is 4.74 Å². The number of likely N-dealkylation sites (tertiary alicyclic amines) is 1. The lowest BCUT2D eigenvalue weighted by molar-refractivity contribution is -0.385. The van der Waals surface area contributed by atoms with Crippen LogP contribution >= 0.6 is 11.6 Å². The predicted octanol–water partition coefficient (Wildman–Crippen LogP) is 2.78. The molecule has 114 valence electrons. The molecule has 0 saturated carbocycles. The van der Waals surface area contributed by atoms with Crippen LogP contribution in [0.25, 0.3) is 0 Å². The van der Waals surface area contributed by atoms with Crippen molar-refractivity contribution in [3.8, 4) is 0 Å². The standard InChI is InChI=1S/C14H17ClN2O4/c1-21-14(18)12-4-2-3-7-16(12)9-10-5-6-11(15)8-13(10)17(19)20/h5-6,8,12H,2-4,7,9H2,1H3/t12-/m1/s1. The molecule has 2 rings (SSSR count). The van der Waals surface area contributed by atoms with Gasteiger partial charge >= 0.3 is 5.97 Å². The van der Waals surface area contributed by atoms with E-state index in [2.05, 4.69) is 0 Å². The highest BCUT2D eigenvalue weighted by Crippen LogP contribution is 2.27. The number of piperidine rings is 1. The molecule has 1 aromatic rings. The number of carbonyl (C=O) groups is 1. The van der Waals surface area contributed by atoms with Gasteiger partial charge in [-0.3, -0.25) is 19.8 Å². The summed E-state index contributed by atoms with van der Waals surface area (Å²) in [5.41, 5.74) is 0.539. The van der Waals surface area contributed by atoms with Gasteiger partial charge in [0.15, 0.2) is 0 Å². The molecule has 1 fully saturated rings. The number of ether oxygens (including phenoxy) is 1. The molecule has 0 aliphatic carbocycles. The van der Waals surface area contributed by atoms with E-state index < -0.39 is 4.92 Å². The second-order valence-electron chi connectivity index (χ2n) is 5.04. The maximum atomic E-state index is 11.8. The van der Waals surface area contributed by atoms with Crippen LogP contribution in [0.15, 0.2) is 18.2 Å². The Balaban J connectivity index is 2.23. The summed E-state index contributed by atoms with van der Waals surface area (Å²) in [5, 5.41) is 11.5. The Hall–Kier alpha value is -1.66. The summed E-state index contributed by atoms with van der Waals surface area (Å²) >= 11 is 5.81. The van der Waals surface area contributed by atoms with Crippen molar-refractivity contribution >= 4 is 23.3 Å². The van der Waals surface area contributed by atoms with Crippen molar-refractivity contribution in [3.05, 3.63) is 38.9 Å². The molecule has 1 saturated heterocycles. The molecule has 1 atom stereocenters. The first-order valence-electron chi connectivity index (χ1n) is 6.77. The minimum absolute atomic E-state index is 0.0170. The summed E-state index contributed by atoms with van der Waals surface area (Å²) in [6.45, 7) is 1.06. The van der Waals surface area contributed by atoms with Crippen molar-refractivity contribution in [1.82, 2.24) is 4.90 Å². The normalized spacial score (nSPS) is 19.2. The number of halogens is 1. The summed E-state index contributed by atoms with van der Waals surface area (Å²) in [6, 6.07) is 4.28. The van der Waals surface area contributed by atoms with Gasteiger partial charge in [-0.15, -0.1) is 0 Å². The van der Waals surface area contributed by atoms with E-state index in [9.17, 15) is 14.9 Å². The van der Waals surface area contributed by atoms with Gasteiger partial charge in [-0.05, 0) is 31.5 Å². The van der Waals surface area contributed by atoms with E-state index in [1.54, 1.807) is 12.1 Å². The van der Waals surface area contributed by atoms with Crippen LogP contribution in [0, 0.1) is 10.1 Å². The molecule has 0 bridgehead atoms. The third kappa shape index (κ3) is 3.71. The van der Waals surface area contributed by atoms with Crippen LogP contribution in [0.5, 0.6) is 0 Å². The Morgan fingerprint density at radius 1 is 1.52 bits per heavy atom. The molecule has 0 unspecified atom stereocenters. The molecule has 6 nitrogen and oxygen atoms in total. The molecule has 21 heavy (non-hydrogen) atoms. The molecule has 0 N–H and O–H groups in total. The third-order valence-corrected chi connectivity index (χ3v) is 3.94. The lowest BCUT2D eigenvalue weighted by Crippen LogP contribution is -2.44. The smallest absolute Gasteiger partial charge is 0.323 e. The van der Waals surface area contributed by atoms with E-state index in [0.717, 1.165) is 19.4 Å². The summed E-state index contributed by atoms with van der Waals surface area (Å²) in [5.74, 6) is -0.286. The molecule has 1 heterocycles. The number of rotatable bonds is 4. The first kappa shape index (κ1) is 15.7. The number of carbonyl (C=O) groups excluding carboxylic acids is 1. The Morgan fingerprint density at radius 2 is 2.29 bits per heavy atom. The number of esters is 1. The summed E-state index contributed by atoms with van der Waals surface area (Å²) in [6.07, 6.45) is 2.64. The number of hydrogen-bond acceptors (Lipinski definition) is 5. The van der Waals surface area contributed by atoms with Gasteiger partial charge in [0.05, 0.1) is 12.0 Å². The van der Waals surface area contributed by atoms with Crippen LogP contribution in [-0.2, 0) is 16.1 Å². The molecule has 1 aliphatic heterocycles. The maximum Gasteiger partial charge on any atom is 0.323 e. The van der Waals surface area contributed by atoms with Crippen molar-refractivity contribution < 1.29 is 14.5 Å². The van der Waals surface area contributed by atoms with Crippen LogP contribution in [0.1, 0.15) is 24.8 Å². The van der Waals surface area contributed by atoms with Gasteiger partial charge in [0.25, 0.3) is 5.69 Å². The first-order chi connectivity index (χ1) is 10.0. The van der Waals surface area contributed by atoms with Gasteiger partial charge in [0.1, 0.15) is 6.04 Å². The maximum absolute atomic E-state index is 11.8. The number of methoxy groups -OCH3 is 1. The van der Waals surface area contributed by atoms with Crippen molar-refractivity contribution in [2.75, 3.05) is 13.7 Å². The molecule has 0 spiro atoms.